The quantitative estimate of drug-likeness (QED) is 0.701. The lowest BCUT2D eigenvalue weighted by Crippen LogP contribution is -2.25. The zero-order valence-corrected chi connectivity index (χ0v) is 11.4. The minimum absolute atomic E-state index is 0.00273. The van der Waals surface area contributed by atoms with Crippen LogP contribution in [0.15, 0.2) is 12.4 Å². The number of fused-ring (bicyclic) bond motifs is 1. The standard InChI is InChI=1S/C13H20N4/c1-12(2,3)9-7-10-14-8-15-17(10)16-11(9)13(4,5)6/h7-8H,1-6H3. The van der Waals surface area contributed by atoms with Crippen molar-refractivity contribution in [2.45, 2.75) is 52.4 Å². The Hall–Kier alpha value is -1.45. The third kappa shape index (κ3) is 2.16. The Labute approximate surface area is 102 Å². The molecule has 0 radical (unpaired) electrons. The number of hydrogen-bond donors (Lipinski definition) is 0. The first-order valence-electron chi connectivity index (χ1n) is 5.91. The van der Waals surface area contributed by atoms with Crippen LogP contribution in [0.3, 0.4) is 0 Å². The first-order valence-corrected chi connectivity index (χ1v) is 5.91. The minimum atomic E-state index is 0.00273. The summed E-state index contributed by atoms with van der Waals surface area (Å²) in [6, 6.07) is 2.10. The van der Waals surface area contributed by atoms with Crippen LogP contribution >= 0.6 is 0 Å². The highest BCUT2D eigenvalue weighted by atomic mass is 15.4. The van der Waals surface area contributed by atoms with Gasteiger partial charge in [-0.05, 0) is 17.0 Å². The summed E-state index contributed by atoms with van der Waals surface area (Å²) >= 11 is 0. The molecule has 4 nitrogen and oxygen atoms in total. The molecule has 0 fully saturated rings. The molecule has 0 amide bonds. The average Bonchev–Trinajstić information content (AvgIpc) is 2.59. The highest BCUT2D eigenvalue weighted by molar-refractivity contribution is 5.44. The van der Waals surface area contributed by atoms with E-state index in [1.807, 2.05) is 0 Å². The molecule has 0 N–H and O–H groups in total. The number of rotatable bonds is 0. The Balaban J connectivity index is 2.78. The molecule has 17 heavy (non-hydrogen) atoms. The maximum absolute atomic E-state index is 4.62. The van der Waals surface area contributed by atoms with Gasteiger partial charge in [-0.1, -0.05) is 41.5 Å². The van der Waals surface area contributed by atoms with Crippen LogP contribution in [-0.2, 0) is 10.8 Å². The third-order valence-electron chi connectivity index (χ3n) is 2.80. The molecule has 0 unspecified atom stereocenters. The van der Waals surface area contributed by atoms with E-state index >= 15 is 0 Å². The Bertz CT molecular complexity index is 493. The zero-order chi connectivity index (χ0) is 12.8. The van der Waals surface area contributed by atoms with Crippen molar-refractivity contribution in [3.8, 4) is 0 Å². The van der Waals surface area contributed by atoms with E-state index in [9.17, 15) is 0 Å². The van der Waals surface area contributed by atoms with Crippen LogP contribution in [0.25, 0.3) is 5.65 Å². The van der Waals surface area contributed by atoms with Crippen LogP contribution in [0.4, 0.5) is 0 Å². The van der Waals surface area contributed by atoms with Gasteiger partial charge in [-0.25, -0.2) is 4.98 Å². The molecular weight excluding hydrogens is 212 g/mol. The summed E-state index contributed by atoms with van der Waals surface area (Å²) in [6.45, 7) is 13.1. The summed E-state index contributed by atoms with van der Waals surface area (Å²) in [5.74, 6) is 0. The van der Waals surface area contributed by atoms with Crippen LogP contribution in [0.5, 0.6) is 0 Å². The van der Waals surface area contributed by atoms with Gasteiger partial charge in [0.15, 0.2) is 5.65 Å². The first kappa shape index (κ1) is 12.0. The summed E-state index contributed by atoms with van der Waals surface area (Å²) in [6.07, 6.45) is 1.54. The zero-order valence-electron chi connectivity index (χ0n) is 11.4. The van der Waals surface area contributed by atoms with Gasteiger partial charge in [-0.2, -0.15) is 5.10 Å². The Kier molecular flexibility index (Phi) is 2.49. The Morgan fingerprint density at radius 1 is 1.00 bits per heavy atom. The summed E-state index contributed by atoms with van der Waals surface area (Å²) in [5.41, 5.74) is 3.20. The van der Waals surface area contributed by atoms with E-state index in [-0.39, 0.29) is 10.8 Å². The molecule has 0 aromatic carbocycles. The highest BCUT2D eigenvalue weighted by Gasteiger charge is 2.27. The molecule has 0 aliphatic heterocycles. The van der Waals surface area contributed by atoms with Gasteiger partial charge in [0.25, 0.3) is 0 Å². The van der Waals surface area contributed by atoms with Gasteiger partial charge in [0.05, 0.1) is 5.69 Å². The fraction of sp³-hybridized carbons (Fsp3) is 0.615. The summed E-state index contributed by atoms with van der Waals surface area (Å²) in [4.78, 5) is 4.21. The Morgan fingerprint density at radius 3 is 2.18 bits per heavy atom. The van der Waals surface area contributed by atoms with Crippen molar-refractivity contribution in [1.29, 1.82) is 0 Å². The molecule has 0 saturated heterocycles. The van der Waals surface area contributed by atoms with Gasteiger partial charge in [-0.15, -0.1) is 9.73 Å². The molecular formula is C13H20N4. The van der Waals surface area contributed by atoms with Gasteiger partial charge in [0, 0.05) is 5.41 Å². The first-order chi connectivity index (χ1) is 7.69. The Morgan fingerprint density at radius 2 is 1.65 bits per heavy atom. The van der Waals surface area contributed by atoms with Crippen molar-refractivity contribution >= 4 is 5.65 Å². The minimum Gasteiger partial charge on any atom is -0.213 e. The van der Waals surface area contributed by atoms with Crippen LogP contribution in [0, 0.1) is 0 Å². The molecule has 2 heterocycles. The van der Waals surface area contributed by atoms with Gasteiger partial charge in [0.2, 0.25) is 0 Å². The largest absolute Gasteiger partial charge is 0.213 e. The molecule has 0 atom stereocenters. The number of nitrogens with zero attached hydrogens (tertiary/aromatic N) is 4. The maximum atomic E-state index is 4.62. The molecule has 4 heteroatoms. The maximum Gasteiger partial charge on any atom is 0.176 e. The summed E-state index contributed by atoms with van der Waals surface area (Å²) < 4.78 is 1.61. The van der Waals surface area contributed by atoms with Crippen molar-refractivity contribution in [2.75, 3.05) is 0 Å². The normalized spacial score (nSPS) is 13.3. The highest BCUT2D eigenvalue weighted by Crippen LogP contribution is 2.32. The number of hydrogen-bond acceptors (Lipinski definition) is 3. The van der Waals surface area contributed by atoms with Gasteiger partial charge in [0.1, 0.15) is 6.33 Å². The van der Waals surface area contributed by atoms with E-state index in [1.54, 1.807) is 11.0 Å². The smallest absolute Gasteiger partial charge is 0.176 e. The molecule has 0 aliphatic rings. The van der Waals surface area contributed by atoms with Crippen molar-refractivity contribution in [1.82, 2.24) is 19.8 Å². The lowest BCUT2D eigenvalue weighted by atomic mass is 9.79. The predicted octanol–water partition coefficient (Wildman–Crippen LogP) is 2.72. The molecule has 0 bridgehead atoms. The number of aromatic nitrogens is 4. The molecule has 92 valence electrons. The van der Waals surface area contributed by atoms with Crippen molar-refractivity contribution < 1.29 is 0 Å². The van der Waals surface area contributed by atoms with E-state index in [0.717, 1.165) is 11.3 Å². The van der Waals surface area contributed by atoms with Crippen LogP contribution < -0.4 is 0 Å². The second-order valence-electron chi connectivity index (χ2n) is 6.51. The van der Waals surface area contributed by atoms with Gasteiger partial charge >= 0.3 is 0 Å². The molecule has 2 aromatic heterocycles. The lowest BCUT2D eigenvalue weighted by Gasteiger charge is -2.28. The monoisotopic (exact) mass is 232 g/mol. The second kappa shape index (κ2) is 3.52. The van der Waals surface area contributed by atoms with E-state index in [1.165, 1.54) is 5.56 Å². The van der Waals surface area contributed by atoms with Gasteiger partial charge in [-0.3, -0.25) is 0 Å². The van der Waals surface area contributed by atoms with Crippen LogP contribution in [-0.4, -0.2) is 19.8 Å². The molecule has 0 spiro atoms. The predicted molar refractivity (Wildman–Crippen MR) is 68.2 cm³/mol. The SMILES string of the molecule is CC(C)(C)c1cc2ncnn2nc1C(C)(C)C. The van der Waals surface area contributed by atoms with E-state index in [4.69, 9.17) is 0 Å². The van der Waals surface area contributed by atoms with Crippen molar-refractivity contribution in [3.05, 3.63) is 23.7 Å². The fourth-order valence-electron chi connectivity index (χ4n) is 1.89. The fourth-order valence-corrected chi connectivity index (χ4v) is 1.89. The molecule has 0 aliphatic carbocycles. The summed E-state index contributed by atoms with van der Waals surface area (Å²) in [7, 11) is 0. The van der Waals surface area contributed by atoms with Crippen molar-refractivity contribution in [2.24, 2.45) is 0 Å². The van der Waals surface area contributed by atoms with Crippen LogP contribution in [0.2, 0.25) is 0 Å². The molecule has 2 rings (SSSR count). The molecule has 2 aromatic rings. The third-order valence-corrected chi connectivity index (χ3v) is 2.80. The van der Waals surface area contributed by atoms with Crippen molar-refractivity contribution in [3.63, 3.8) is 0 Å². The van der Waals surface area contributed by atoms with E-state index in [2.05, 4.69) is 62.8 Å². The second-order valence-corrected chi connectivity index (χ2v) is 6.51. The van der Waals surface area contributed by atoms with Crippen LogP contribution in [0.1, 0.15) is 52.8 Å². The van der Waals surface area contributed by atoms with Gasteiger partial charge < -0.3 is 0 Å². The average molecular weight is 232 g/mol. The van der Waals surface area contributed by atoms with E-state index in [0.29, 0.717) is 0 Å². The lowest BCUT2D eigenvalue weighted by molar-refractivity contribution is 0.497. The topological polar surface area (TPSA) is 43.1 Å². The molecule has 0 saturated carbocycles. The summed E-state index contributed by atoms with van der Waals surface area (Å²) in [5, 5.41) is 8.73. The van der Waals surface area contributed by atoms with E-state index < -0.39 is 0 Å².